The molecular formula is C21H26N4O7. The number of aliphatic hydroxyl groups excluding tert-OH is 1. The molecule has 32 heavy (non-hydrogen) atoms. The zero-order valence-corrected chi connectivity index (χ0v) is 17.9. The maximum atomic E-state index is 12.8. The Labute approximate surface area is 184 Å². The Balaban J connectivity index is 1.64. The van der Waals surface area contributed by atoms with Gasteiger partial charge < -0.3 is 24.8 Å². The van der Waals surface area contributed by atoms with E-state index in [1.54, 1.807) is 12.1 Å². The number of non-ortho nitro benzene ring substituents is 1. The lowest BCUT2D eigenvalue weighted by Crippen LogP contribution is -2.53. The smallest absolute Gasteiger partial charge is 0.331 e. The molecule has 2 aromatic rings. The fourth-order valence-electron chi connectivity index (χ4n) is 3.73. The van der Waals surface area contributed by atoms with E-state index < -0.39 is 29.8 Å². The first kappa shape index (κ1) is 23.4. The van der Waals surface area contributed by atoms with E-state index in [9.17, 15) is 24.8 Å². The van der Waals surface area contributed by atoms with Crippen LogP contribution < -0.4 is 10.1 Å². The topological polar surface area (TPSA) is 144 Å². The lowest BCUT2D eigenvalue weighted by Gasteiger charge is -2.28. The summed E-state index contributed by atoms with van der Waals surface area (Å²) in [6, 6.07) is 4.27. The van der Waals surface area contributed by atoms with Crippen molar-refractivity contribution in [3.05, 3.63) is 40.6 Å². The molecule has 0 saturated carbocycles. The van der Waals surface area contributed by atoms with Gasteiger partial charge in [-0.2, -0.15) is 0 Å². The van der Waals surface area contributed by atoms with Crippen molar-refractivity contribution in [1.29, 1.82) is 0 Å². The van der Waals surface area contributed by atoms with Crippen LogP contribution >= 0.6 is 0 Å². The molecule has 1 fully saturated rings. The second kappa shape index (κ2) is 10.3. The summed E-state index contributed by atoms with van der Waals surface area (Å²) in [5, 5.41) is 24.0. The molecule has 1 amide bonds. The van der Waals surface area contributed by atoms with Crippen molar-refractivity contribution in [2.75, 3.05) is 19.9 Å². The van der Waals surface area contributed by atoms with Crippen LogP contribution in [-0.2, 0) is 14.3 Å². The predicted octanol–water partition coefficient (Wildman–Crippen LogP) is 1.37. The van der Waals surface area contributed by atoms with Gasteiger partial charge in [0.2, 0.25) is 12.7 Å². The van der Waals surface area contributed by atoms with Crippen LogP contribution in [0.4, 0.5) is 5.69 Å². The van der Waals surface area contributed by atoms with Crippen molar-refractivity contribution in [2.45, 2.75) is 44.8 Å². The number of aromatic nitrogens is 1. The van der Waals surface area contributed by atoms with Crippen LogP contribution in [0.25, 0.3) is 10.9 Å². The zero-order valence-electron chi connectivity index (χ0n) is 17.9. The Morgan fingerprint density at radius 1 is 1.38 bits per heavy atom. The fraction of sp³-hybridized carbons (Fsp3) is 0.476. The maximum absolute atomic E-state index is 12.8. The molecule has 0 unspecified atom stereocenters. The van der Waals surface area contributed by atoms with E-state index in [0.717, 1.165) is 0 Å². The quantitative estimate of drug-likeness (QED) is 0.252. The van der Waals surface area contributed by atoms with Crippen molar-refractivity contribution < 1.29 is 29.1 Å². The molecule has 0 aliphatic carbocycles. The summed E-state index contributed by atoms with van der Waals surface area (Å²) in [5.41, 5.74) is 0.173. The van der Waals surface area contributed by atoms with Gasteiger partial charge in [-0.05, 0) is 31.0 Å². The third-order valence-electron chi connectivity index (χ3n) is 5.15. The van der Waals surface area contributed by atoms with Gasteiger partial charge in [-0.1, -0.05) is 13.8 Å². The fourth-order valence-corrected chi connectivity index (χ4v) is 3.73. The number of nitrogens with zero attached hydrogens (tertiary/aromatic N) is 3. The number of ether oxygens (including phenoxy) is 2. The Bertz CT molecular complexity index is 997. The Kier molecular flexibility index (Phi) is 7.54. The Morgan fingerprint density at radius 3 is 2.84 bits per heavy atom. The summed E-state index contributed by atoms with van der Waals surface area (Å²) in [7, 11) is 0. The monoisotopic (exact) mass is 446 g/mol. The first-order valence-corrected chi connectivity index (χ1v) is 10.3. The van der Waals surface area contributed by atoms with Crippen molar-refractivity contribution in [3.63, 3.8) is 0 Å². The molecule has 11 heteroatoms. The number of carbonyl (C=O) groups excluding carboxylic acids is 2. The van der Waals surface area contributed by atoms with Gasteiger partial charge in [-0.15, -0.1) is 0 Å². The first-order chi connectivity index (χ1) is 15.3. The number of hydrogen-bond donors (Lipinski definition) is 2. The molecule has 172 valence electrons. The van der Waals surface area contributed by atoms with Crippen LogP contribution in [0.2, 0.25) is 0 Å². The first-order valence-electron chi connectivity index (χ1n) is 10.3. The normalized spacial score (nSPS) is 16.9. The minimum absolute atomic E-state index is 0.0115. The van der Waals surface area contributed by atoms with Gasteiger partial charge in [0, 0.05) is 24.8 Å². The summed E-state index contributed by atoms with van der Waals surface area (Å²) in [5.74, 6) is -0.733. The summed E-state index contributed by atoms with van der Waals surface area (Å²) in [6.45, 7) is 3.30. The average Bonchev–Trinajstić information content (AvgIpc) is 3.26. The average molecular weight is 446 g/mol. The van der Waals surface area contributed by atoms with Crippen LogP contribution in [0, 0.1) is 10.1 Å². The minimum Gasteiger partial charge on any atom is -0.455 e. The number of aliphatic hydroxyl groups is 1. The van der Waals surface area contributed by atoms with Gasteiger partial charge in [0.1, 0.15) is 23.3 Å². The SMILES string of the molecule is CC(C)N[C@@H](CO)C(=O)N1CCC[C@H]1C(=O)OCOc1ccc([N+](=O)[O-])c2cccnc12. The van der Waals surface area contributed by atoms with Gasteiger partial charge in [0.15, 0.2) is 0 Å². The maximum Gasteiger partial charge on any atom is 0.331 e. The molecule has 1 aromatic carbocycles. The highest BCUT2D eigenvalue weighted by atomic mass is 16.7. The van der Waals surface area contributed by atoms with E-state index in [-0.39, 0.29) is 35.5 Å². The number of esters is 1. The van der Waals surface area contributed by atoms with E-state index in [4.69, 9.17) is 9.47 Å². The van der Waals surface area contributed by atoms with Gasteiger partial charge in [0.25, 0.3) is 5.69 Å². The van der Waals surface area contributed by atoms with Gasteiger partial charge in [0.05, 0.1) is 16.9 Å². The molecule has 1 aliphatic rings. The lowest BCUT2D eigenvalue weighted by atomic mass is 10.1. The Hall–Kier alpha value is -3.31. The van der Waals surface area contributed by atoms with Crippen LogP contribution in [0.5, 0.6) is 5.75 Å². The number of carbonyl (C=O) groups is 2. The molecule has 3 rings (SSSR count). The zero-order chi connectivity index (χ0) is 23.3. The third kappa shape index (κ3) is 5.11. The predicted molar refractivity (Wildman–Crippen MR) is 114 cm³/mol. The standard InChI is InChI=1S/C21H26N4O7/c1-13(2)23-15(11-26)20(27)24-10-4-6-17(24)21(28)32-12-31-18-8-7-16(25(29)30)14-5-3-9-22-19(14)18/h3,5,7-9,13,15,17,23,26H,4,6,10-12H2,1-2H3/t15-,17-/m0/s1. The second-order valence-electron chi connectivity index (χ2n) is 7.71. The number of nitrogens with one attached hydrogen (secondary N) is 1. The summed E-state index contributed by atoms with van der Waals surface area (Å²) in [6.07, 6.45) is 2.57. The van der Waals surface area contributed by atoms with Gasteiger partial charge in [-0.3, -0.25) is 19.9 Å². The summed E-state index contributed by atoms with van der Waals surface area (Å²) in [4.78, 5) is 41.6. The van der Waals surface area contributed by atoms with E-state index in [2.05, 4.69) is 10.3 Å². The highest BCUT2D eigenvalue weighted by Crippen LogP contribution is 2.31. The molecule has 2 N–H and O–H groups in total. The lowest BCUT2D eigenvalue weighted by molar-refractivity contribution is -0.383. The van der Waals surface area contributed by atoms with Crippen molar-refractivity contribution in [3.8, 4) is 5.75 Å². The van der Waals surface area contributed by atoms with E-state index in [0.29, 0.717) is 24.8 Å². The molecule has 11 nitrogen and oxygen atoms in total. The molecule has 0 bridgehead atoms. The van der Waals surface area contributed by atoms with Crippen molar-refractivity contribution >= 4 is 28.5 Å². The van der Waals surface area contributed by atoms with Crippen molar-refractivity contribution in [1.82, 2.24) is 15.2 Å². The number of pyridine rings is 1. The summed E-state index contributed by atoms with van der Waals surface area (Å²) < 4.78 is 10.7. The molecule has 1 aliphatic heterocycles. The largest absolute Gasteiger partial charge is 0.455 e. The number of rotatable bonds is 9. The number of likely N-dealkylation sites (tertiary alicyclic amines) is 1. The molecule has 0 spiro atoms. The number of fused-ring (bicyclic) bond motifs is 1. The number of nitro benzene ring substituents is 1. The highest BCUT2D eigenvalue weighted by Gasteiger charge is 2.38. The molecule has 1 saturated heterocycles. The van der Waals surface area contributed by atoms with E-state index >= 15 is 0 Å². The minimum atomic E-state index is -0.794. The van der Waals surface area contributed by atoms with Crippen LogP contribution in [-0.4, -0.2) is 69.9 Å². The third-order valence-corrected chi connectivity index (χ3v) is 5.15. The van der Waals surface area contributed by atoms with Crippen LogP contribution in [0.3, 0.4) is 0 Å². The number of nitro groups is 1. The van der Waals surface area contributed by atoms with E-state index in [1.165, 1.54) is 23.2 Å². The Morgan fingerprint density at radius 2 is 2.16 bits per heavy atom. The van der Waals surface area contributed by atoms with Crippen molar-refractivity contribution in [2.24, 2.45) is 0 Å². The van der Waals surface area contributed by atoms with E-state index in [1.807, 2.05) is 13.8 Å². The second-order valence-corrected chi connectivity index (χ2v) is 7.71. The van der Waals surface area contributed by atoms with Crippen LogP contribution in [0.1, 0.15) is 26.7 Å². The van der Waals surface area contributed by atoms with Gasteiger partial charge in [-0.25, -0.2) is 4.79 Å². The molecular weight excluding hydrogens is 420 g/mol. The van der Waals surface area contributed by atoms with Gasteiger partial charge >= 0.3 is 5.97 Å². The molecule has 1 aromatic heterocycles. The number of benzene rings is 1. The molecule has 2 atom stereocenters. The summed E-state index contributed by atoms with van der Waals surface area (Å²) >= 11 is 0. The molecule has 2 heterocycles. The highest BCUT2D eigenvalue weighted by molar-refractivity contribution is 5.92. The number of hydrogen-bond acceptors (Lipinski definition) is 9. The van der Waals surface area contributed by atoms with Crippen LogP contribution in [0.15, 0.2) is 30.5 Å². The molecule has 0 radical (unpaired) electrons. The number of amides is 1.